The maximum Gasteiger partial charge on any atom is 0.265 e. The van der Waals surface area contributed by atoms with E-state index in [-0.39, 0.29) is 48.5 Å². The molecule has 0 fully saturated rings. The molecule has 0 aromatic heterocycles. The minimum atomic E-state index is -3.70. The third-order valence-electron chi connectivity index (χ3n) is 6.70. The molecule has 1 aliphatic heterocycles. The summed E-state index contributed by atoms with van der Waals surface area (Å²) in [4.78, 5) is 27.8. The molecule has 1 unspecified atom stereocenters. The van der Waals surface area contributed by atoms with E-state index in [0.717, 1.165) is 18.2 Å². The summed E-state index contributed by atoms with van der Waals surface area (Å²) in [6.07, 6.45) is 2.12. The van der Waals surface area contributed by atoms with Crippen molar-refractivity contribution in [3.8, 4) is 0 Å². The van der Waals surface area contributed by atoms with Gasteiger partial charge in [-0.15, -0.1) is 0 Å². The van der Waals surface area contributed by atoms with Crippen molar-refractivity contribution in [1.29, 1.82) is 0 Å². The quantitative estimate of drug-likeness (QED) is 0.371. The Kier molecular flexibility index (Phi) is 8.12. The number of nitrogens with zero attached hydrogens (tertiary/aromatic N) is 2. The molecule has 0 aliphatic carbocycles. The fourth-order valence-electron chi connectivity index (χ4n) is 4.62. The van der Waals surface area contributed by atoms with E-state index in [1.165, 1.54) is 21.3 Å². The van der Waals surface area contributed by atoms with E-state index in [1.807, 2.05) is 25.1 Å². The lowest BCUT2D eigenvalue weighted by Crippen LogP contribution is -2.47. The molecule has 3 aromatic carbocycles. The highest BCUT2D eigenvalue weighted by molar-refractivity contribution is 7.93. The van der Waals surface area contributed by atoms with Crippen LogP contribution in [-0.4, -0.2) is 44.3 Å². The average Bonchev–Trinajstić information content (AvgIpc) is 3.11. The first-order valence-corrected chi connectivity index (χ1v) is 14.0. The zero-order chi connectivity index (χ0) is 26.6. The molecule has 0 saturated carbocycles. The lowest BCUT2D eigenvalue weighted by atomic mass is 10.1. The van der Waals surface area contributed by atoms with Crippen molar-refractivity contribution in [3.63, 3.8) is 0 Å². The molecule has 9 heteroatoms. The number of sulfonamides is 1. The van der Waals surface area contributed by atoms with Gasteiger partial charge in [-0.1, -0.05) is 49.7 Å². The van der Waals surface area contributed by atoms with Gasteiger partial charge in [-0.05, 0) is 55.0 Å². The molecule has 1 atom stereocenters. The molecule has 7 nitrogen and oxygen atoms in total. The Bertz CT molecular complexity index is 1390. The Morgan fingerprint density at radius 1 is 1.03 bits per heavy atom. The number of unbranched alkanes of at least 4 members (excludes halogenated alkanes) is 1. The lowest BCUT2D eigenvalue weighted by Gasteiger charge is -2.29. The smallest absolute Gasteiger partial charge is 0.265 e. The van der Waals surface area contributed by atoms with Crippen LogP contribution in [0.25, 0.3) is 10.8 Å². The maximum atomic E-state index is 13.4. The third kappa shape index (κ3) is 5.61. The summed E-state index contributed by atoms with van der Waals surface area (Å²) >= 11 is 0. The summed E-state index contributed by atoms with van der Waals surface area (Å²) in [7, 11) is -3.70. The van der Waals surface area contributed by atoms with Crippen molar-refractivity contribution in [2.75, 3.05) is 17.4 Å². The molecule has 4 rings (SSSR count). The fourth-order valence-corrected chi connectivity index (χ4v) is 6.37. The van der Waals surface area contributed by atoms with Crippen molar-refractivity contribution >= 4 is 38.3 Å². The Morgan fingerprint density at radius 2 is 1.73 bits per heavy atom. The number of amides is 2. The van der Waals surface area contributed by atoms with E-state index in [0.29, 0.717) is 23.2 Å². The summed E-state index contributed by atoms with van der Waals surface area (Å²) in [6.45, 7) is 4.51. The van der Waals surface area contributed by atoms with Gasteiger partial charge in [0.2, 0.25) is 11.8 Å². The second-order valence-corrected chi connectivity index (χ2v) is 11.1. The molecule has 1 aliphatic rings. The van der Waals surface area contributed by atoms with Gasteiger partial charge in [0, 0.05) is 31.4 Å². The average molecular weight is 526 g/mol. The summed E-state index contributed by atoms with van der Waals surface area (Å²) in [5.74, 6) is -0.905. The minimum absolute atomic E-state index is 0.0616. The molecule has 1 N–H and O–H groups in total. The number of rotatable bonds is 11. The van der Waals surface area contributed by atoms with Crippen LogP contribution in [-0.2, 0) is 26.2 Å². The van der Waals surface area contributed by atoms with E-state index in [9.17, 15) is 22.4 Å². The number of benzene rings is 3. The number of hydrogen-bond donors (Lipinski definition) is 1. The number of anilines is 1. The number of halogens is 1. The highest BCUT2D eigenvalue weighted by Gasteiger charge is 2.35. The Morgan fingerprint density at radius 3 is 2.43 bits per heavy atom. The van der Waals surface area contributed by atoms with Gasteiger partial charge in [-0.25, -0.2) is 12.8 Å². The van der Waals surface area contributed by atoms with Crippen LogP contribution in [0.5, 0.6) is 0 Å². The van der Waals surface area contributed by atoms with Gasteiger partial charge < -0.3 is 10.2 Å². The Labute approximate surface area is 217 Å². The van der Waals surface area contributed by atoms with Gasteiger partial charge in [0.25, 0.3) is 10.0 Å². The SMILES string of the molecule is CCCCNC(=O)C(C)N(Cc1ccc(F)cc1)C(=O)CCCN1c2cccc3cccc(c23)S1(=O)=O. The predicted molar refractivity (Wildman–Crippen MR) is 142 cm³/mol. The van der Waals surface area contributed by atoms with E-state index >= 15 is 0 Å². The molecule has 2 amide bonds. The van der Waals surface area contributed by atoms with Crippen LogP contribution < -0.4 is 9.62 Å². The first kappa shape index (κ1) is 26.6. The van der Waals surface area contributed by atoms with Crippen molar-refractivity contribution in [2.45, 2.75) is 57.0 Å². The zero-order valence-electron chi connectivity index (χ0n) is 21.1. The summed E-state index contributed by atoms with van der Waals surface area (Å²) < 4.78 is 41.2. The molecule has 196 valence electrons. The summed E-state index contributed by atoms with van der Waals surface area (Å²) in [6, 6.07) is 15.8. The topological polar surface area (TPSA) is 86.8 Å². The maximum absolute atomic E-state index is 13.4. The van der Waals surface area contributed by atoms with Crippen LogP contribution in [0.15, 0.2) is 65.6 Å². The van der Waals surface area contributed by atoms with Crippen LogP contribution in [0, 0.1) is 5.82 Å². The number of nitrogens with one attached hydrogen (secondary N) is 1. The minimum Gasteiger partial charge on any atom is -0.354 e. The predicted octanol–water partition coefficient (Wildman–Crippen LogP) is 4.60. The molecule has 0 radical (unpaired) electrons. The van der Waals surface area contributed by atoms with Gasteiger partial charge in [-0.2, -0.15) is 0 Å². The molecular weight excluding hydrogens is 493 g/mol. The van der Waals surface area contributed by atoms with Crippen LogP contribution in [0.3, 0.4) is 0 Å². The van der Waals surface area contributed by atoms with Gasteiger partial charge in [0.05, 0.1) is 10.6 Å². The first-order valence-electron chi connectivity index (χ1n) is 12.6. The number of carbonyl (C=O) groups is 2. The summed E-state index contributed by atoms with van der Waals surface area (Å²) in [5.41, 5.74) is 1.32. The van der Waals surface area contributed by atoms with Crippen molar-refractivity contribution in [2.24, 2.45) is 0 Å². The molecule has 3 aromatic rings. The number of carbonyl (C=O) groups excluding carboxylic acids is 2. The second kappa shape index (κ2) is 11.3. The normalized spacial score (nSPS) is 14.5. The van der Waals surface area contributed by atoms with Crippen molar-refractivity contribution in [3.05, 3.63) is 72.0 Å². The van der Waals surface area contributed by atoms with Crippen LogP contribution in [0.1, 0.15) is 45.1 Å². The van der Waals surface area contributed by atoms with Gasteiger partial charge >= 0.3 is 0 Å². The molecule has 1 heterocycles. The lowest BCUT2D eigenvalue weighted by molar-refractivity contribution is -0.140. The van der Waals surface area contributed by atoms with Crippen LogP contribution in [0.4, 0.5) is 10.1 Å². The zero-order valence-corrected chi connectivity index (χ0v) is 21.9. The summed E-state index contributed by atoms with van der Waals surface area (Å²) in [5, 5.41) is 4.42. The Hall–Kier alpha value is -3.46. The molecule has 37 heavy (non-hydrogen) atoms. The third-order valence-corrected chi connectivity index (χ3v) is 8.55. The largest absolute Gasteiger partial charge is 0.354 e. The van der Waals surface area contributed by atoms with Gasteiger partial charge in [-0.3, -0.25) is 13.9 Å². The van der Waals surface area contributed by atoms with Gasteiger partial charge in [0.1, 0.15) is 11.9 Å². The molecule has 0 saturated heterocycles. The van der Waals surface area contributed by atoms with E-state index in [4.69, 9.17) is 0 Å². The monoisotopic (exact) mass is 525 g/mol. The van der Waals surface area contributed by atoms with Crippen LogP contribution in [0.2, 0.25) is 0 Å². The first-order chi connectivity index (χ1) is 17.7. The van der Waals surface area contributed by atoms with Gasteiger partial charge in [0.15, 0.2) is 0 Å². The fraction of sp³-hybridized carbons (Fsp3) is 0.357. The van der Waals surface area contributed by atoms with Crippen LogP contribution >= 0.6 is 0 Å². The highest BCUT2D eigenvalue weighted by atomic mass is 32.2. The van der Waals surface area contributed by atoms with E-state index < -0.39 is 16.1 Å². The molecule has 0 bridgehead atoms. The number of hydrogen-bond acceptors (Lipinski definition) is 4. The van der Waals surface area contributed by atoms with Crippen molar-refractivity contribution < 1.29 is 22.4 Å². The van der Waals surface area contributed by atoms with E-state index in [1.54, 1.807) is 37.3 Å². The Balaban J connectivity index is 1.47. The van der Waals surface area contributed by atoms with E-state index in [2.05, 4.69) is 5.32 Å². The standard InChI is InChI=1S/C28H32FN3O4S/c1-3-4-17-30-28(34)20(2)31(19-21-13-15-23(29)16-14-21)26(33)12-7-18-32-24-10-5-8-22-9-6-11-25(27(22)24)37(32,35)36/h5-6,8-11,13-16,20H,3-4,7,12,17-19H2,1-2H3,(H,30,34). The molecular formula is C28H32FN3O4S. The second-order valence-electron chi connectivity index (χ2n) is 9.28. The van der Waals surface area contributed by atoms with Crippen molar-refractivity contribution in [1.82, 2.24) is 10.2 Å². The highest BCUT2D eigenvalue weighted by Crippen LogP contribution is 2.42. The molecule has 0 spiro atoms.